The van der Waals surface area contributed by atoms with Gasteiger partial charge in [0.15, 0.2) is 0 Å². The van der Waals surface area contributed by atoms with Gasteiger partial charge in [-0.1, -0.05) is 6.07 Å². The highest BCUT2D eigenvalue weighted by Gasteiger charge is 2.47. The van der Waals surface area contributed by atoms with Crippen LogP contribution in [-0.4, -0.2) is 76.2 Å². The number of imide groups is 1. The van der Waals surface area contributed by atoms with Gasteiger partial charge in [0.1, 0.15) is 6.04 Å². The molecule has 0 radical (unpaired) electrons. The number of hydrazine groups is 1. The minimum Gasteiger partial charge on any atom is -0.370 e. The summed E-state index contributed by atoms with van der Waals surface area (Å²) in [4.78, 5) is 42.5. The average Bonchev–Trinajstić information content (AvgIpc) is 3.09. The number of nitrogens with one attached hydrogen (secondary N) is 1. The second-order valence-corrected chi connectivity index (χ2v) is 11.0. The van der Waals surface area contributed by atoms with Gasteiger partial charge in [0.2, 0.25) is 11.8 Å². The van der Waals surface area contributed by atoms with Gasteiger partial charge in [-0.05, 0) is 49.7 Å². The van der Waals surface area contributed by atoms with Gasteiger partial charge in [-0.3, -0.25) is 34.8 Å². The average molecular weight is 482 g/mol. The first kappa shape index (κ1) is 22.8. The fourth-order valence-corrected chi connectivity index (χ4v) is 6.77. The number of carbonyl (C=O) groups is 2. The zero-order valence-electron chi connectivity index (χ0n) is 20.4. The van der Waals surface area contributed by atoms with Crippen LogP contribution in [0.1, 0.15) is 44.6 Å². The molecule has 1 atom stereocenters. The van der Waals surface area contributed by atoms with E-state index >= 15 is 0 Å². The van der Waals surface area contributed by atoms with Crippen LogP contribution in [0.25, 0.3) is 11.0 Å². The maximum Gasteiger partial charge on any atom is 0.329 e. The highest BCUT2D eigenvalue weighted by molar-refractivity contribution is 6.00. The molecule has 35 heavy (non-hydrogen) atoms. The lowest BCUT2D eigenvalue weighted by atomic mass is 9.71. The third-order valence-electron chi connectivity index (χ3n) is 8.86. The van der Waals surface area contributed by atoms with Crippen molar-refractivity contribution < 1.29 is 9.59 Å². The normalized spacial score (nSPS) is 26.3. The molecule has 2 aromatic rings. The van der Waals surface area contributed by atoms with Crippen molar-refractivity contribution in [2.75, 3.05) is 44.2 Å². The van der Waals surface area contributed by atoms with Gasteiger partial charge in [0.05, 0.1) is 16.7 Å². The van der Waals surface area contributed by atoms with Gasteiger partial charge >= 0.3 is 5.69 Å². The number of imidazole rings is 1. The fourth-order valence-electron chi connectivity index (χ4n) is 6.77. The Morgan fingerprint density at radius 1 is 1.00 bits per heavy atom. The zero-order chi connectivity index (χ0) is 24.3. The summed E-state index contributed by atoms with van der Waals surface area (Å²) in [5.41, 5.74) is 2.87. The molecule has 1 aromatic carbocycles. The first-order valence-electron chi connectivity index (χ1n) is 12.9. The van der Waals surface area contributed by atoms with E-state index < -0.39 is 11.9 Å². The molecule has 4 aliphatic heterocycles. The summed E-state index contributed by atoms with van der Waals surface area (Å²) in [6, 6.07) is 5.98. The number of aromatic nitrogens is 2. The molecule has 6 rings (SSSR count). The Hall–Kier alpha value is -2.69. The Kier molecular flexibility index (Phi) is 5.50. The predicted octanol–water partition coefficient (Wildman–Crippen LogP) is 0.558. The molecule has 10 heteroatoms. The number of carbonyl (C=O) groups excluding carboxylic acids is 2. The molecule has 4 fully saturated rings. The van der Waals surface area contributed by atoms with E-state index in [0.717, 1.165) is 55.7 Å². The van der Waals surface area contributed by atoms with Gasteiger partial charge in [-0.15, -0.1) is 0 Å². The van der Waals surface area contributed by atoms with Crippen molar-refractivity contribution >= 4 is 28.5 Å². The molecule has 1 spiro atoms. The van der Waals surface area contributed by atoms with Crippen LogP contribution in [0.15, 0.2) is 23.0 Å². The van der Waals surface area contributed by atoms with Crippen molar-refractivity contribution in [3.05, 3.63) is 28.7 Å². The van der Waals surface area contributed by atoms with Crippen molar-refractivity contribution in [2.24, 2.45) is 18.3 Å². The van der Waals surface area contributed by atoms with E-state index in [-0.39, 0.29) is 18.0 Å². The van der Waals surface area contributed by atoms with Crippen molar-refractivity contribution in [1.82, 2.24) is 24.4 Å². The largest absolute Gasteiger partial charge is 0.370 e. The number of anilines is 1. The van der Waals surface area contributed by atoms with E-state index in [0.29, 0.717) is 17.9 Å². The maximum absolute atomic E-state index is 13.2. The van der Waals surface area contributed by atoms with E-state index in [2.05, 4.69) is 21.2 Å². The van der Waals surface area contributed by atoms with Crippen LogP contribution < -0.4 is 21.7 Å². The molecular formula is C25H35N7O3. The quantitative estimate of drug-likeness (QED) is 0.487. The number of fused-ring (bicyclic) bond motifs is 1. The predicted molar refractivity (Wildman–Crippen MR) is 133 cm³/mol. The molecule has 3 N–H and O–H groups in total. The number of hydrogen-bond donors (Lipinski definition) is 2. The zero-order valence-corrected chi connectivity index (χ0v) is 20.4. The lowest BCUT2D eigenvalue weighted by Crippen LogP contribution is -2.64. The van der Waals surface area contributed by atoms with Gasteiger partial charge < -0.3 is 4.90 Å². The summed E-state index contributed by atoms with van der Waals surface area (Å²) in [5, 5.41) is 4.32. The Labute approximate surface area is 204 Å². The van der Waals surface area contributed by atoms with Gasteiger partial charge in [0, 0.05) is 58.8 Å². The van der Waals surface area contributed by atoms with E-state index in [1.54, 1.807) is 16.2 Å². The van der Waals surface area contributed by atoms with E-state index in [1.807, 2.05) is 17.1 Å². The van der Waals surface area contributed by atoms with Crippen LogP contribution in [0.3, 0.4) is 0 Å². The van der Waals surface area contributed by atoms with E-state index in [9.17, 15) is 14.4 Å². The second-order valence-electron chi connectivity index (χ2n) is 11.0. The van der Waals surface area contributed by atoms with Crippen LogP contribution in [0.5, 0.6) is 0 Å². The summed E-state index contributed by atoms with van der Waals surface area (Å²) in [6.07, 6.45) is 5.23. The lowest BCUT2D eigenvalue weighted by molar-refractivity contribution is -0.135. The van der Waals surface area contributed by atoms with E-state index in [4.69, 9.17) is 5.84 Å². The van der Waals surface area contributed by atoms with Crippen molar-refractivity contribution in [3.8, 4) is 0 Å². The van der Waals surface area contributed by atoms with Crippen molar-refractivity contribution in [3.63, 3.8) is 0 Å². The minimum atomic E-state index is -0.657. The Balaban J connectivity index is 1.20. The van der Waals surface area contributed by atoms with Crippen LogP contribution in [0.2, 0.25) is 0 Å². The van der Waals surface area contributed by atoms with Crippen molar-refractivity contribution in [1.29, 1.82) is 0 Å². The SMILES string of the molecule is Cn1c(=O)n(C2CCC(=O)NC2=O)c2cccc(N3CCC4(CC3)CN(C3CCN(N)CC3)C4)c21. The molecule has 0 bridgehead atoms. The highest BCUT2D eigenvalue weighted by atomic mass is 16.2. The number of hydrogen-bond acceptors (Lipinski definition) is 7. The number of amides is 2. The summed E-state index contributed by atoms with van der Waals surface area (Å²) in [7, 11) is 1.78. The van der Waals surface area contributed by atoms with Crippen LogP contribution >= 0.6 is 0 Å². The third-order valence-corrected chi connectivity index (χ3v) is 8.86. The number of likely N-dealkylation sites (tertiary alicyclic amines) is 1. The van der Waals surface area contributed by atoms with Crippen LogP contribution in [0.4, 0.5) is 5.69 Å². The van der Waals surface area contributed by atoms with Gasteiger partial charge in [-0.25, -0.2) is 9.80 Å². The lowest BCUT2D eigenvalue weighted by Gasteiger charge is -2.57. The number of para-hydroxylation sites is 1. The minimum absolute atomic E-state index is 0.214. The smallest absolute Gasteiger partial charge is 0.329 e. The number of piperidine rings is 3. The number of benzene rings is 1. The Morgan fingerprint density at radius 2 is 1.71 bits per heavy atom. The van der Waals surface area contributed by atoms with Gasteiger partial charge in [0.25, 0.3) is 0 Å². The van der Waals surface area contributed by atoms with Crippen LogP contribution in [0, 0.1) is 5.41 Å². The molecule has 1 unspecified atom stereocenters. The molecule has 1 aromatic heterocycles. The topological polar surface area (TPSA) is 109 Å². The van der Waals surface area contributed by atoms with Crippen molar-refractivity contribution in [2.45, 2.75) is 50.6 Å². The third kappa shape index (κ3) is 3.78. The standard InChI is InChI=1S/C25H35N7O3/c1-28-22-18(3-2-4-19(22)32(24(28)35)20-5-6-21(33)27-23(20)34)29-13-9-25(10-14-29)15-30(16-25)17-7-11-31(26)12-8-17/h2-4,17,20H,5-16,26H2,1H3,(H,27,33,34). The summed E-state index contributed by atoms with van der Waals surface area (Å²) < 4.78 is 3.23. The molecule has 4 saturated heterocycles. The first-order valence-corrected chi connectivity index (χ1v) is 12.9. The summed E-state index contributed by atoms with van der Waals surface area (Å²) >= 11 is 0. The number of nitrogens with two attached hydrogens (primary N) is 1. The molecule has 188 valence electrons. The summed E-state index contributed by atoms with van der Waals surface area (Å²) in [5.74, 6) is 5.26. The number of rotatable bonds is 3. The Morgan fingerprint density at radius 3 is 2.40 bits per heavy atom. The fraction of sp³-hybridized carbons (Fsp3) is 0.640. The van der Waals surface area contributed by atoms with Gasteiger partial charge in [-0.2, -0.15) is 0 Å². The molecule has 4 aliphatic rings. The molecule has 5 heterocycles. The molecule has 2 amide bonds. The maximum atomic E-state index is 13.2. The second kappa shape index (κ2) is 8.46. The molecule has 0 aliphatic carbocycles. The molecular weight excluding hydrogens is 446 g/mol. The highest BCUT2D eigenvalue weighted by Crippen LogP contribution is 2.44. The Bertz CT molecular complexity index is 1210. The molecule has 10 nitrogen and oxygen atoms in total. The number of aryl methyl sites for hydroxylation is 1. The van der Waals surface area contributed by atoms with Crippen LogP contribution in [-0.2, 0) is 16.6 Å². The van der Waals surface area contributed by atoms with E-state index in [1.165, 1.54) is 25.9 Å². The first-order chi connectivity index (χ1) is 16.8. The molecule has 0 saturated carbocycles. The monoisotopic (exact) mass is 481 g/mol. The number of nitrogens with zero attached hydrogens (tertiary/aromatic N) is 5. The summed E-state index contributed by atoms with van der Waals surface area (Å²) in [6.45, 7) is 6.28.